The predicted molar refractivity (Wildman–Crippen MR) is 103 cm³/mol. The second kappa shape index (κ2) is 8.30. The minimum Gasteiger partial charge on any atom is -0.494 e. The first-order valence-corrected chi connectivity index (χ1v) is 9.43. The summed E-state index contributed by atoms with van der Waals surface area (Å²) in [5.41, 5.74) is 1.93. The van der Waals surface area contributed by atoms with E-state index in [2.05, 4.69) is 0 Å². The van der Waals surface area contributed by atoms with Crippen LogP contribution in [0.5, 0.6) is 5.75 Å². The molecule has 2 atom stereocenters. The van der Waals surface area contributed by atoms with Gasteiger partial charge in [-0.25, -0.2) is 0 Å². The zero-order valence-corrected chi connectivity index (χ0v) is 16.0. The van der Waals surface area contributed by atoms with E-state index in [1.807, 2.05) is 48.2 Å². The zero-order valence-electron chi connectivity index (χ0n) is 14.5. The van der Waals surface area contributed by atoms with Crippen LogP contribution in [-0.2, 0) is 4.79 Å². The molecule has 6 heteroatoms. The van der Waals surface area contributed by atoms with E-state index >= 15 is 0 Å². The standard InChI is InChI=1S/C20H21Cl2NO3/c1-2-26-15-8-5-13(6-9-15)19(14-7-10-16(21)17(22)12-14)23-11-3-4-18(23)20(24)25/h5-10,12,18-19H,2-4,11H2,1H3,(H,24,25). The summed E-state index contributed by atoms with van der Waals surface area (Å²) in [7, 11) is 0. The molecule has 0 radical (unpaired) electrons. The molecule has 1 saturated heterocycles. The predicted octanol–water partition coefficient (Wildman–Crippen LogP) is 5.03. The number of rotatable bonds is 6. The molecule has 0 aliphatic carbocycles. The van der Waals surface area contributed by atoms with E-state index in [0.29, 0.717) is 23.1 Å². The maximum absolute atomic E-state index is 11.7. The highest BCUT2D eigenvalue weighted by Crippen LogP contribution is 2.37. The highest BCUT2D eigenvalue weighted by molar-refractivity contribution is 6.42. The molecule has 0 spiro atoms. The van der Waals surface area contributed by atoms with E-state index < -0.39 is 12.0 Å². The Labute approximate surface area is 163 Å². The quantitative estimate of drug-likeness (QED) is 0.747. The molecule has 0 amide bonds. The largest absolute Gasteiger partial charge is 0.494 e. The lowest BCUT2D eigenvalue weighted by atomic mass is 9.96. The van der Waals surface area contributed by atoms with E-state index in [1.165, 1.54) is 0 Å². The molecule has 0 bridgehead atoms. The Kier molecular flexibility index (Phi) is 6.07. The van der Waals surface area contributed by atoms with Crippen molar-refractivity contribution in [1.82, 2.24) is 4.90 Å². The van der Waals surface area contributed by atoms with Gasteiger partial charge < -0.3 is 9.84 Å². The third-order valence-electron chi connectivity index (χ3n) is 4.68. The first-order chi connectivity index (χ1) is 12.5. The lowest BCUT2D eigenvalue weighted by Gasteiger charge is -2.32. The van der Waals surface area contributed by atoms with Crippen LogP contribution in [0.25, 0.3) is 0 Å². The summed E-state index contributed by atoms with van der Waals surface area (Å²) in [5.74, 6) is -0.00107. The Balaban J connectivity index is 2.03. The third kappa shape index (κ3) is 3.98. The molecule has 138 valence electrons. The number of carboxylic acids is 1. The third-order valence-corrected chi connectivity index (χ3v) is 5.42. The Hall–Kier alpha value is -1.75. The van der Waals surface area contributed by atoms with Gasteiger partial charge in [0.25, 0.3) is 0 Å². The van der Waals surface area contributed by atoms with Crippen LogP contribution in [0.4, 0.5) is 0 Å². The minimum absolute atomic E-state index is 0.205. The van der Waals surface area contributed by atoms with Gasteiger partial charge in [0.05, 0.1) is 22.7 Å². The van der Waals surface area contributed by atoms with E-state index in [-0.39, 0.29) is 6.04 Å². The number of carbonyl (C=O) groups is 1. The number of ether oxygens (including phenoxy) is 1. The van der Waals surface area contributed by atoms with Gasteiger partial charge in [-0.2, -0.15) is 0 Å². The van der Waals surface area contributed by atoms with E-state index in [1.54, 1.807) is 6.07 Å². The number of halogens is 2. The van der Waals surface area contributed by atoms with E-state index in [4.69, 9.17) is 27.9 Å². The maximum atomic E-state index is 11.7. The number of hydrogen-bond donors (Lipinski definition) is 1. The van der Waals surface area contributed by atoms with Crippen molar-refractivity contribution in [3.8, 4) is 5.75 Å². The van der Waals surface area contributed by atoms with Crippen LogP contribution in [0.1, 0.15) is 36.9 Å². The Morgan fingerprint density at radius 1 is 1.19 bits per heavy atom. The molecule has 3 rings (SSSR count). The van der Waals surface area contributed by atoms with Crippen molar-refractivity contribution in [2.45, 2.75) is 31.8 Å². The molecule has 0 saturated carbocycles. The highest BCUT2D eigenvalue weighted by Gasteiger charge is 2.37. The van der Waals surface area contributed by atoms with Crippen molar-refractivity contribution in [2.75, 3.05) is 13.2 Å². The summed E-state index contributed by atoms with van der Waals surface area (Å²) < 4.78 is 5.52. The summed E-state index contributed by atoms with van der Waals surface area (Å²) in [5, 5.41) is 10.6. The van der Waals surface area contributed by atoms with Gasteiger partial charge in [0.1, 0.15) is 11.8 Å². The lowest BCUT2D eigenvalue weighted by Crippen LogP contribution is -2.39. The molecular weight excluding hydrogens is 373 g/mol. The molecule has 1 N–H and O–H groups in total. The van der Waals surface area contributed by atoms with Gasteiger partial charge in [0.2, 0.25) is 0 Å². The van der Waals surface area contributed by atoms with Gasteiger partial charge in [0, 0.05) is 6.54 Å². The smallest absolute Gasteiger partial charge is 0.320 e. The van der Waals surface area contributed by atoms with Crippen molar-refractivity contribution in [1.29, 1.82) is 0 Å². The molecule has 2 unspecified atom stereocenters. The molecule has 26 heavy (non-hydrogen) atoms. The van der Waals surface area contributed by atoms with E-state index in [9.17, 15) is 9.90 Å². The Morgan fingerprint density at radius 3 is 2.50 bits per heavy atom. The fraction of sp³-hybridized carbons (Fsp3) is 0.350. The summed E-state index contributed by atoms with van der Waals surface area (Å²) in [6.07, 6.45) is 1.50. The second-order valence-corrected chi connectivity index (χ2v) is 7.13. The van der Waals surface area contributed by atoms with Gasteiger partial charge in [-0.05, 0) is 55.2 Å². The monoisotopic (exact) mass is 393 g/mol. The Bertz CT molecular complexity index is 779. The maximum Gasteiger partial charge on any atom is 0.320 e. The number of carboxylic acid groups (broad SMARTS) is 1. The fourth-order valence-electron chi connectivity index (χ4n) is 3.53. The number of benzene rings is 2. The van der Waals surface area contributed by atoms with Crippen LogP contribution < -0.4 is 4.74 Å². The van der Waals surface area contributed by atoms with Crippen LogP contribution in [0.2, 0.25) is 10.0 Å². The molecule has 4 nitrogen and oxygen atoms in total. The topological polar surface area (TPSA) is 49.8 Å². The molecule has 1 heterocycles. The summed E-state index contributed by atoms with van der Waals surface area (Å²) in [6.45, 7) is 3.26. The summed E-state index contributed by atoms with van der Waals surface area (Å²) in [4.78, 5) is 13.8. The highest BCUT2D eigenvalue weighted by atomic mass is 35.5. The first kappa shape index (κ1) is 19.0. The molecular formula is C20H21Cl2NO3. The number of nitrogens with zero attached hydrogens (tertiary/aromatic N) is 1. The average Bonchev–Trinajstić information content (AvgIpc) is 3.10. The number of aliphatic carboxylic acids is 1. The van der Waals surface area contributed by atoms with E-state index in [0.717, 1.165) is 29.8 Å². The summed E-state index contributed by atoms with van der Waals surface area (Å²) in [6, 6.07) is 12.6. The van der Waals surface area contributed by atoms with Crippen molar-refractivity contribution in [3.05, 3.63) is 63.6 Å². The Morgan fingerprint density at radius 2 is 1.88 bits per heavy atom. The first-order valence-electron chi connectivity index (χ1n) is 8.67. The number of hydrogen-bond acceptors (Lipinski definition) is 3. The van der Waals surface area contributed by atoms with Crippen LogP contribution in [0.15, 0.2) is 42.5 Å². The van der Waals surface area contributed by atoms with Crippen LogP contribution in [-0.4, -0.2) is 35.2 Å². The minimum atomic E-state index is -0.793. The van der Waals surface area contributed by atoms with Crippen molar-refractivity contribution in [2.24, 2.45) is 0 Å². The van der Waals surface area contributed by atoms with Gasteiger partial charge in [0.15, 0.2) is 0 Å². The molecule has 1 aliphatic rings. The lowest BCUT2D eigenvalue weighted by molar-refractivity contribution is -0.142. The molecule has 0 aromatic heterocycles. The van der Waals surface area contributed by atoms with Gasteiger partial charge in [-0.3, -0.25) is 9.69 Å². The number of likely N-dealkylation sites (tertiary alicyclic amines) is 1. The van der Waals surface area contributed by atoms with Crippen molar-refractivity contribution >= 4 is 29.2 Å². The van der Waals surface area contributed by atoms with Gasteiger partial charge in [-0.15, -0.1) is 0 Å². The molecule has 1 fully saturated rings. The van der Waals surface area contributed by atoms with Gasteiger partial charge >= 0.3 is 5.97 Å². The average molecular weight is 394 g/mol. The fourth-order valence-corrected chi connectivity index (χ4v) is 3.84. The SMILES string of the molecule is CCOc1ccc(C(c2ccc(Cl)c(Cl)c2)N2CCCC2C(=O)O)cc1. The summed E-state index contributed by atoms with van der Waals surface area (Å²) >= 11 is 12.3. The van der Waals surface area contributed by atoms with Crippen LogP contribution in [0, 0.1) is 0 Å². The van der Waals surface area contributed by atoms with Crippen LogP contribution >= 0.6 is 23.2 Å². The van der Waals surface area contributed by atoms with Crippen LogP contribution in [0.3, 0.4) is 0 Å². The normalized spacial score (nSPS) is 18.7. The molecule has 1 aliphatic heterocycles. The van der Waals surface area contributed by atoms with Crippen molar-refractivity contribution < 1.29 is 14.6 Å². The zero-order chi connectivity index (χ0) is 18.7. The molecule has 2 aromatic carbocycles. The van der Waals surface area contributed by atoms with Gasteiger partial charge in [-0.1, -0.05) is 41.4 Å². The second-order valence-electron chi connectivity index (χ2n) is 6.31. The molecule has 2 aromatic rings. The van der Waals surface area contributed by atoms with Crippen molar-refractivity contribution in [3.63, 3.8) is 0 Å².